The molecular formula is C18H26N2O2S. The van der Waals surface area contributed by atoms with Crippen molar-refractivity contribution in [3.8, 4) is 5.75 Å². The number of aliphatic hydroxyl groups is 1. The second-order valence-corrected chi connectivity index (χ2v) is 7.84. The van der Waals surface area contributed by atoms with Gasteiger partial charge in [0.25, 0.3) is 0 Å². The van der Waals surface area contributed by atoms with Crippen molar-refractivity contribution in [1.29, 1.82) is 0 Å². The molecule has 0 aliphatic carbocycles. The standard InChI is InChI=1S/C18H26N2O2S/c1-18(2,3)14-5-7-16(8-6-14)22-13-15(21)11-20(4)12-17-19-9-10-23-17/h5-10,15,21H,11-13H2,1-4H3. The third-order valence-corrected chi connectivity index (χ3v) is 4.34. The van der Waals surface area contributed by atoms with E-state index >= 15 is 0 Å². The first-order valence-corrected chi connectivity index (χ1v) is 8.71. The van der Waals surface area contributed by atoms with Crippen LogP contribution in [0.5, 0.6) is 5.75 Å². The lowest BCUT2D eigenvalue weighted by Crippen LogP contribution is -2.32. The summed E-state index contributed by atoms with van der Waals surface area (Å²) in [4.78, 5) is 6.30. The zero-order valence-electron chi connectivity index (χ0n) is 14.3. The van der Waals surface area contributed by atoms with Crippen molar-refractivity contribution in [3.05, 3.63) is 46.4 Å². The van der Waals surface area contributed by atoms with Crippen molar-refractivity contribution >= 4 is 11.3 Å². The quantitative estimate of drug-likeness (QED) is 0.844. The third-order valence-electron chi connectivity index (χ3n) is 3.57. The van der Waals surface area contributed by atoms with Gasteiger partial charge in [0.1, 0.15) is 23.5 Å². The highest BCUT2D eigenvalue weighted by Gasteiger charge is 2.14. The van der Waals surface area contributed by atoms with Gasteiger partial charge < -0.3 is 9.84 Å². The monoisotopic (exact) mass is 334 g/mol. The van der Waals surface area contributed by atoms with Gasteiger partial charge in [-0.2, -0.15) is 0 Å². The number of hydrogen-bond acceptors (Lipinski definition) is 5. The van der Waals surface area contributed by atoms with E-state index in [9.17, 15) is 5.11 Å². The summed E-state index contributed by atoms with van der Waals surface area (Å²) in [6, 6.07) is 8.09. The van der Waals surface area contributed by atoms with Crippen LogP contribution in [0.3, 0.4) is 0 Å². The van der Waals surface area contributed by atoms with Crippen molar-refractivity contribution in [2.45, 2.75) is 38.8 Å². The maximum Gasteiger partial charge on any atom is 0.119 e. The Kier molecular flexibility index (Phi) is 6.16. The van der Waals surface area contributed by atoms with E-state index in [2.05, 4.69) is 42.8 Å². The number of ether oxygens (including phenoxy) is 1. The number of hydrogen-bond donors (Lipinski definition) is 1. The number of benzene rings is 1. The minimum atomic E-state index is -0.526. The van der Waals surface area contributed by atoms with E-state index in [4.69, 9.17) is 4.74 Å². The van der Waals surface area contributed by atoms with Gasteiger partial charge in [-0.05, 0) is 30.2 Å². The van der Waals surface area contributed by atoms with Gasteiger partial charge in [0.15, 0.2) is 0 Å². The van der Waals surface area contributed by atoms with Crippen molar-refractivity contribution in [2.24, 2.45) is 0 Å². The van der Waals surface area contributed by atoms with Gasteiger partial charge >= 0.3 is 0 Å². The van der Waals surface area contributed by atoms with E-state index in [1.54, 1.807) is 17.5 Å². The molecule has 2 rings (SSSR count). The fourth-order valence-corrected chi connectivity index (χ4v) is 2.98. The molecule has 0 aliphatic heterocycles. The fourth-order valence-electron chi connectivity index (χ4n) is 2.28. The molecule has 1 aromatic carbocycles. The van der Waals surface area contributed by atoms with Crippen LogP contribution < -0.4 is 4.74 Å². The molecule has 0 aliphatic rings. The molecule has 0 radical (unpaired) electrons. The molecule has 1 N–H and O–H groups in total. The molecule has 1 unspecified atom stereocenters. The lowest BCUT2D eigenvalue weighted by molar-refractivity contribution is 0.0743. The number of aromatic nitrogens is 1. The fraction of sp³-hybridized carbons (Fsp3) is 0.500. The van der Waals surface area contributed by atoms with Gasteiger partial charge in [0.05, 0.1) is 6.54 Å². The van der Waals surface area contributed by atoms with Gasteiger partial charge in [0.2, 0.25) is 0 Å². The first-order valence-electron chi connectivity index (χ1n) is 7.83. The summed E-state index contributed by atoms with van der Waals surface area (Å²) in [5, 5.41) is 13.1. The summed E-state index contributed by atoms with van der Waals surface area (Å²) in [5.74, 6) is 0.791. The first-order chi connectivity index (χ1) is 10.8. The Morgan fingerprint density at radius 2 is 1.96 bits per heavy atom. The molecule has 4 nitrogen and oxygen atoms in total. The Hall–Kier alpha value is -1.43. The zero-order chi connectivity index (χ0) is 16.9. The number of rotatable bonds is 7. The normalized spacial score (nSPS) is 13.3. The number of nitrogens with zero attached hydrogens (tertiary/aromatic N) is 2. The van der Waals surface area contributed by atoms with Crippen LogP contribution in [0, 0.1) is 0 Å². The number of likely N-dealkylation sites (N-methyl/N-ethyl adjacent to an activating group) is 1. The molecule has 0 amide bonds. The van der Waals surface area contributed by atoms with E-state index in [1.807, 2.05) is 24.6 Å². The molecular weight excluding hydrogens is 308 g/mol. The van der Waals surface area contributed by atoms with Crippen LogP contribution in [0.25, 0.3) is 0 Å². The van der Waals surface area contributed by atoms with Crippen molar-refractivity contribution in [2.75, 3.05) is 20.2 Å². The lowest BCUT2D eigenvalue weighted by Gasteiger charge is -2.21. The molecule has 1 aromatic heterocycles. The molecule has 1 heterocycles. The average Bonchev–Trinajstić information content (AvgIpc) is 2.97. The highest BCUT2D eigenvalue weighted by Crippen LogP contribution is 2.24. The van der Waals surface area contributed by atoms with Crippen LogP contribution in [0.2, 0.25) is 0 Å². The topological polar surface area (TPSA) is 45.6 Å². The molecule has 0 spiro atoms. The van der Waals surface area contributed by atoms with Crippen molar-refractivity contribution in [3.63, 3.8) is 0 Å². The second kappa shape index (κ2) is 7.90. The van der Waals surface area contributed by atoms with E-state index < -0.39 is 6.10 Å². The first kappa shape index (κ1) is 17.9. The molecule has 0 fully saturated rings. The van der Waals surface area contributed by atoms with Crippen LogP contribution in [0.15, 0.2) is 35.8 Å². The van der Waals surface area contributed by atoms with Gasteiger partial charge in [-0.1, -0.05) is 32.9 Å². The van der Waals surface area contributed by atoms with Gasteiger partial charge in [-0.15, -0.1) is 11.3 Å². The van der Waals surface area contributed by atoms with Crippen LogP contribution in [-0.4, -0.2) is 41.3 Å². The van der Waals surface area contributed by atoms with Crippen LogP contribution in [-0.2, 0) is 12.0 Å². The van der Waals surface area contributed by atoms with Gasteiger partial charge in [-0.3, -0.25) is 4.90 Å². The van der Waals surface area contributed by atoms with E-state index in [-0.39, 0.29) is 12.0 Å². The highest BCUT2D eigenvalue weighted by atomic mass is 32.1. The van der Waals surface area contributed by atoms with Crippen molar-refractivity contribution in [1.82, 2.24) is 9.88 Å². The highest BCUT2D eigenvalue weighted by molar-refractivity contribution is 7.09. The summed E-state index contributed by atoms with van der Waals surface area (Å²) < 4.78 is 5.68. The van der Waals surface area contributed by atoms with Crippen LogP contribution in [0.4, 0.5) is 0 Å². The SMILES string of the molecule is CN(Cc1nccs1)CC(O)COc1ccc(C(C)(C)C)cc1. The Morgan fingerprint density at radius 1 is 1.26 bits per heavy atom. The van der Waals surface area contributed by atoms with Gasteiger partial charge in [-0.25, -0.2) is 4.98 Å². The minimum absolute atomic E-state index is 0.135. The minimum Gasteiger partial charge on any atom is -0.491 e. The average molecular weight is 334 g/mol. The predicted molar refractivity (Wildman–Crippen MR) is 95.1 cm³/mol. The molecule has 0 saturated carbocycles. The zero-order valence-corrected chi connectivity index (χ0v) is 15.1. The molecule has 0 bridgehead atoms. The lowest BCUT2D eigenvalue weighted by atomic mass is 9.87. The second-order valence-electron chi connectivity index (χ2n) is 6.86. The van der Waals surface area contributed by atoms with Crippen molar-refractivity contribution < 1.29 is 9.84 Å². The van der Waals surface area contributed by atoms with E-state index in [0.717, 1.165) is 17.3 Å². The molecule has 5 heteroatoms. The Labute approximate surface area is 142 Å². The van der Waals surface area contributed by atoms with Crippen LogP contribution in [0.1, 0.15) is 31.3 Å². The number of aliphatic hydroxyl groups excluding tert-OH is 1. The largest absolute Gasteiger partial charge is 0.491 e. The van der Waals surface area contributed by atoms with E-state index in [1.165, 1.54) is 5.56 Å². The smallest absolute Gasteiger partial charge is 0.119 e. The maximum absolute atomic E-state index is 10.1. The molecule has 23 heavy (non-hydrogen) atoms. The van der Waals surface area contributed by atoms with E-state index in [0.29, 0.717) is 6.54 Å². The maximum atomic E-state index is 10.1. The summed E-state index contributed by atoms with van der Waals surface area (Å²) in [6.07, 6.45) is 1.27. The summed E-state index contributed by atoms with van der Waals surface area (Å²) in [6.45, 7) is 8.15. The molecule has 0 saturated heterocycles. The Morgan fingerprint density at radius 3 is 2.52 bits per heavy atom. The third kappa shape index (κ3) is 5.94. The molecule has 1 atom stereocenters. The molecule has 2 aromatic rings. The molecule has 126 valence electrons. The summed E-state index contributed by atoms with van der Waals surface area (Å²) in [7, 11) is 1.97. The summed E-state index contributed by atoms with van der Waals surface area (Å²) in [5.41, 5.74) is 1.41. The Balaban J connectivity index is 1.76. The van der Waals surface area contributed by atoms with Crippen LogP contribution >= 0.6 is 11.3 Å². The number of thiazole rings is 1. The summed E-state index contributed by atoms with van der Waals surface area (Å²) >= 11 is 1.63. The Bertz CT molecular complexity index is 576. The predicted octanol–water partition coefficient (Wildman–Crippen LogP) is 3.31. The van der Waals surface area contributed by atoms with Gasteiger partial charge in [0, 0.05) is 18.1 Å².